The van der Waals surface area contributed by atoms with Crippen LogP contribution in [0.4, 0.5) is 0 Å². The fraction of sp³-hybridized carbons (Fsp3) is 1.00. The van der Waals surface area contributed by atoms with E-state index in [4.69, 9.17) is 9.47 Å². The second-order valence-corrected chi connectivity index (χ2v) is 5.24. The average molecular weight is 164 g/mol. The minimum absolute atomic E-state index is 0.676. The van der Waals surface area contributed by atoms with Crippen LogP contribution in [-0.2, 0) is 9.47 Å². The number of epoxide rings is 2. The van der Waals surface area contributed by atoms with Gasteiger partial charge in [0.2, 0.25) is 0 Å². The summed E-state index contributed by atoms with van der Waals surface area (Å²) in [6, 6.07) is 0. The standard InChI is InChI=1S/C10H12O2/c1-4-3-2-6-10(11-6)7(3)5(1)9-8(4)12-9/h3-10H,1-2H2/t3-,4-,5+,6+,7+,8+,9+,10-/m0/s1. The van der Waals surface area contributed by atoms with Gasteiger partial charge >= 0.3 is 0 Å². The molecule has 0 aromatic carbocycles. The van der Waals surface area contributed by atoms with Gasteiger partial charge in [0.25, 0.3) is 0 Å². The molecule has 0 N–H and O–H groups in total. The van der Waals surface area contributed by atoms with E-state index in [0.717, 1.165) is 23.7 Å². The molecule has 0 aromatic rings. The molecule has 0 spiro atoms. The first kappa shape index (κ1) is 5.61. The van der Waals surface area contributed by atoms with Crippen molar-refractivity contribution in [3.8, 4) is 0 Å². The molecular weight excluding hydrogens is 152 g/mol. The van der Waals surface area contributed by atoms with Crippen LogP contribution in [0.5, 0.6) is 0 Å². The summed E-state index contributed by atoms with van der Waals surface area (Å²) >= 11 is 0. The second-order valence-electron chi connectivity index (χ2n) is 5.24. The third-order valence-corrected chi connectivity index (χ3v) is 4.99. The van der Waals surface area contributed by atoms with Crippen LogP contribution in [0.3, 0.4) is 0 Å². The Morgan fingerprint density at radius 3 is 2.67 bits per heavy atom. The van der Waals surface area contributed by atoms with E-state index in [1.807, 2.05) is 0 Å². The molecule has 2 heterocycles. The van der Waals surface area contributed by atoms with E-state index in [-0.39, 0.29) is 0 Å². The van der Waals surface area contributed by atoms with E-state index >= 15 is 0 Å². The van der Waals surface area contributed by atoms with E-state index in [1.54, 1.807) is 0 Å². The van der Waals surface area contributed by atoms with Crippen molar-refractivity contribution in [1.29, 1.82) is 0 Å². The average Bonchev–Trinajstić information content (AvgIpc) is 2.92. The SMILES string of the molecule is C1[C@H]2[C@@H]3C[C@H]4O[C@@H]4[C@H]3[C@@H]1[C@H]1O[C@H]21. The first-order valence-corrected chi connectivity index (χ1v) is 5.24. The Kier molecular flexibility index (Phi) is 0.644. The van der Waals surface area contributed by atoms with E-state index in [9.17, 15) is 0 Å². The van der Waals surface area contributed by atoms with Crippen molar-refractivity contribution in [3.05, 3.63) is 0 Å². The second kappa shape index (κ2) is 1.38. The van der Waals surface area contributed by atoms with Crippen molar-refractivity contribution in [1.82, 2.24) is 0 Å². The van der Waals surface area contributed by atoms with Crippen molar-refractivity contribution in [2.75, 3.05) is 0 Å². The number of hydrogen-bond acceptors (Lipinski definition) is 2. The first-order valence-electron chi connectivity index (χ1n) is 5.24. The van der Waals surface area contributed by atoms with Gasteiger partial charge in [0.05, 0.1) is 24.4 Å². The molecule has 0 aromatic heterocycles. The summed E-state index contributed by atoms with van der Waals surface area (Å²) in [5, 5.41) is 0. The minimum atomic E-state index is 0.676. The lowest BCUT2D eigenvalue weighted by Crippen LogP contribution is -2.27. The number of ether oxygens (including phenoxy) is 2. The highest BCUT2D eigenvalue weighted by Gasteiger charge is 2.74. The topological polar surface area (TPSA) is 25.1 Å². The smallest absolute Gasteiger partial charge is 0.0876 e. The summed E-state index contributed by atoms with van der Waals surface area (Å²) in [7, 11) is 0. The minimum Gasteiger partial charge on any atom is -0.369 e. The summed E-state index contributed by atoms with van der Waals surface area (Å²) in [5.74, 6) is 3.77. The van der Waals surface area contributed by atoms with Gasteiger partial charge in [-0.25, -0.2) is 0 Å². The van der Waals surface area contributed by atoms with E-state index in [0.29, 0.717) is 24.4 Å². The monoisotopic (exact) mass is 164 g/mol. The van der Waals surface area contributed by atoms with Gasteiger partial charge in [-0.3, -0.25) is 0 Å². The summed E-state index contributed by atoms with van der Waals surface area (Å²) in [4.78, 5) is 0. The molecule has 3 saturated carbocycles. The van der Waals surface area contributed by atoms with Gasteiger partial charge in [0, 0.05) is 0 Å². The lowest BCUT2D eigenvalue weighted by Gasteiger charge is -2.22. The molecule has 2 saturated heterocycles. The van der Waals surface area contributed by atoms with Crippen molar-refractivity contribution in [2.24, 2.45) is 23.7 Å². The van der Waals surface area contributed by atoms with Gasteiger partial charge in [-0.05, 0) is 36.5 Å². The van der Waals surface area contributed by atoms with Crippen LogP contribution < -0.4 is 0 Å². The summed E-state index contributed by atoms with van der Waals surface area (Å²) < 4.78 is 11.3. The van der Waals surface area contributed by atoms with Crippen LogP contribution in [0.15, 0.2) is 0 Å². The third-order valence-electron chi connectivity index (χ3n) is 4.99. The molecule has 2 aliphatic heterocycles. The van der Waals surface area contributed by atoms with Gasteiger partial charge in [-0.1, -0.05) is 0 Å². The lowest BCUT2D eigenvalue weighted by atomic mass is 9.81. The zero-order valence-electron chi connectivity index (χ0n) is 6.85. The predicted octanol–water partition coefficient (Wildman–Crippen LogP) is 0.807. The van der Waals surface area contributed by atoms with Gasteiger partial charge in [-0.15, -0.1) is 0 Å². The maximum absolute atomic E-state index is 5.69. The van der Waals surface area contributed by atoms with Crippen LogP contribution in [0.25, 0.3) is 0 Å². The van der Waals surface area contributed by atoms with Gasteiger partial charge in [0.15, 0.2) is 0 Å². The Bertz CT molecular complexity index is 273. The molecule has 3 aliphatic carbocycles. The molecule has 12 heavy (non-hydrogen) atoms. The zero-order valence-corrected chi connectivity index (χ0v) is 6.85. The van der Waals surface area contributed by atoms with Crippen LogP contribution in [0.1, 0.15) is 12.8 Å². The molecule has 8 atom stereocenters. The Morgan fingerprint density at radius 2 is 1.67 bits per heavy atom. The first-order chi connectivity index (χ1) is 5.93. The molecule has 64 valence electrons. The molecular formula is C10H12O2. The predicted molar refractivity (Wildman–Crippen MR) is 40.5 cm³/mol. The maximum atomic E-state index is 5.69. The molecule has 5 rings (SSSR count). The maximum Gasteiger partial charge on any atom is 0.0876 e. The van der Waals surface area contributed by atoms with Crippen molar-refractivity contribution >= 4 is 0 Å². The van der Waals surface area contributed by atoms with Crippen LogP contribution >= 0.6 is 0 Å². The third kappa shape index (κ3) is 0.409. The number of hydrogen-bond donors (Lipinski definition) is 0. The molecule has 0 radical (unpaired) electrons. The molecule has 0 unspecified atom stereocenters. The van der Waals surface area contributed by atoms with Crippen molar-refractivity contribution in [2.45, 2.75) is 37.3 Å². The van der Waals surface area contributed by atoms with Crippen molar-refractivity contribution < 1.29 is 9.47 Å². The molecule has 5 fully saturated rings. The number of fused-ring (bicyclic) bond motifs is 10. The molecule has 2 nitrogen and oxygen atoms in total. The molecule has 2 bridgehead atoms. The summed E-state index contributed by atoms with van der Waals surface area (Å²) in [6.45, 7) is 0. The van der Waals surface area contributed by atoms with Gasteiger partial charge in [0.1, 0.15) is 0 Å². The van der Waals surface area contributed by atoms with Gasteiger partial charge in [-0.2, -0.15) is 0 Å². The Hall–Kier alpha value is -0.0800. The Morgan fingerprint density at radius 1 is 0.750 bits per heavy atom. The van der Waals surface area contributed by atoms with Crippen LogP contribution in [-0.4, -0.2) is 24.4 Å². The Balaban J connectivity index is 1.66. The zero-order chi connectivity index (χ0) is 7.45. The molecule has 0 amide bonds. The van der Waals surface area contributed by atoms with Crippen LogP contribution in [0, 0.1) is 23.7 Å². The highest BCUT2D eigenvalue weighted by atomic mass is 16.6. The fourth-order valence-corrected chi connectivity index (χ4v) is 4.58. The van der Waals surface area contributed by atoms with E-state index < -0.39 is 0 Å². The fourth-order valence-electron chi connectivity index (χ4n) is 4.58. The van der Waals surface area contributed by atoms with E-state index in [1.165, 1.54) is 12.8 Å². The Labute approximate surface area is 71.2 Å². The summed E-state index contributed by atoms with van der Waals surface area (Å²) in [5.41, 5.74) is 0. The summed E-state index contributed by atoms with van der Waals surface area (Å²) in [6.07, 6.45) is 5.58. The quantitative estimate of drug-likeness (QED) is 0.495. The normalized spacial score (nSPS) is 80.0. The van der Waals surface area contributed by atoms with Crippen LogP contribution in [0.2, 0.25) is 0 Å². The molecule has 5 aliphatic rings. The van der Waals surface area contributed by atoms with Crippen molar-refractivity contribution in [3.63, 3.8) is 0 Å². The highest BCUT2D eigenvalue weighted by Crippen LogP contribution is 2.69. The molecule has 2 heteroatoms. The largest absolute Gasteiger partial charge is 0.369 e. The lowest BCUT2D eigenvalue weighted by molar-refractivity contribution is 0.162. The van der Waals surface area contributed by atoms with Gasteiger partial charge < -0.3 is 9.47 Å². The van der Waals surface area contributed by atoms with E-state index in [2.05, 4.69) is 0 Å². The number of rotatable bonds is 0. The highest BCUT2D eigenvalue weighted by molar-refractivity contribution is 5.21.